The number of rotatable bonds is 11. The van der Waals surface area contributed by atoms with Crippen molar-refractivity contribution in [1.29, 1.82) is 0 Å². The average Bonchev–Trinajstić information content (AvgIpc) is 3.01. The molecule has 6 nitrogen and oxygen atoms in total. The largest absolute Gasteiger partial charge is 0.369 e. The summed E-state index contributed by atoms with van der Waals surface area (Å²) >= 11 is 0. The molecule has 5 rings (SSSR count). The smallest absolute Gasteiger partial charge is 0.243 e. The number of ether oxygens (including phenoxy) is 3. The summed E-state index contributed by atoms with van der Waals surface area (Å²) in [5, 5.41) is 0. The Labute approximate surface area is 249 Å². The predicted octanol–water partition coefficient (Wildman–Crippen LogP) is 6.31. The molecule has 1 aliphatic heterocycles. The predicted molar refractivity (Wildman–Crippen MR) is 164 cm³/mol. The van der Waals surface area contributed by atoms with E-state index in [4.69, 9.17) is 14.2 Å². The van der Waals surface area contributed by atoms with Gasteiger partial charge in [0.15, 0.2) is 0 Å². The zero-order valence-corrected chi connectivity index (χ0v) is 24.6. The highest BCUT2D eigenvalue weighted by Gasteiger charge is 2.37. The van der Waals surface area contributed by atoms with Crippen LogP contribution in [0.3, 0.4) is 0 Å². The molecule has 0 saturated heterocycles. The van der Waals surface area contributed by atoms with E-state index in [9.17, 15) is 8.42 Å². The minimum Gasteiger partial charge on any atom is -0.369 e. The Morgan fingerprint density at radius 3 is 1.71 bits per heavy atom. The van der Waals surface area contributed by atoms with Gasteiger partial charge in [-0.05, 0) is 35.7 Å². The number of hydrogen-bond donors (Lipinski definition) is 0. The molecule has 7 heteroatoms. The molecule has 0 amide bonds. The lowest BCUT2D eigenvalue weighted by Gasteiger charge is -2.36. The molecule has 0 fully saturated rings. The van der Waals surface area contributed by atoms with Crippen LogP contribution in [0, 0.1) is 6.92 Å². The van der Waals surface area contributed by atoms with E-state index in [2.05, 4.69) is 0 Å². The molecule has 1 heterocycles. The Balaban J connectivity index is 1.47. The third-order valence-corrected chi connectivity index (χ3v) is 9.09. The first-order valence-electron chi connectivity index (χ1n) is 14.2. The summed E-state index contributed by atoms with van der Waals surface area (Å²) < 4.78 is 48.7. The molecule has 0 unspecified atom stereocenters. The Morgan fingerprint density at radius 2 is 1.17 bits per heavy atom. The monoisotopic (exact) mass is 583 g/mol. The fourth-order valence-corrected chi connectivity index (χ4v) is 6.28. The van der Waals surface area contributed by atoms with Crippen LogP contribution >= 0.6 is 0 Å². The Bertz CT molecular complexity index is 1510. The molecule has 0 radical (unpaired) electrons. The lowest BCUT2D eigenvalue weighted by atomic mass is 10.0. The van der Waals surface area contributed by atoms with Crippen LogP contribution in [0.5, 0.6) is 0 Å². The van der Waals surface area contributed by atoms with Gasteiger partial charge in [0.25, 0.3) is 0 Å². The fraction of sp³-hybridized carbons (Fsp3) is 0.257. The van der Waals surface area contributed by atoms with Crippen LogP contribution in [-0.2, 0) is 44.1 Å². The molecule has 0 saturated carbocycles. The van der Waals surface area contributed by atoms with Gasteiger partial charge in [-0.15, -0.1) is 0 Å². The van der Waals surface area contributed by atoms with E-state index in [1.54, 1.807) is 12.1 Å². The summed E-state index contributed by atoms with van der Waals surface area (Å²) in [6, 6.07) is 36.7. The first-order chi connectivity index (χ1) is 20.5. The lowest BCUT2D eigenvalue weighted by Crippen LogP contribution is -2.50. The maximum Gasteiger partial charge on any atom is 0.243 e. The molecular formula is C35H37NO5S. The molecule has 42 heavy (non-hydrogen) atoms. The maximum atomic E-state index is 13.8. The van der Waals surface area contributed by atoms with E-state index in [-0.39, 0.29) is 18.0 Å². The number of hydrogen-bond acceptors (Lipinski definition) is 5. The first-order valence-corrected chi connectivity index (χ1v) is 15.6. The van der Waals surface area contributed by atoms with E-state index in [0.717, 1.165) is 22.3 Å². The van der Waals surface area contributed by atoms with Gasteiger partial charge < -0.3 is 14.2 Å². The Kier molecular flexibility index (Phi) is 10.3. The van der Waals surface area contributed by atoms with Crippen molar-refractivity contribution in [2.75, 3.05) is 13.1 Å². The molecule has 4 aromatic rings. The Hall–Kier alpha value is -3.59. The average molecular weight is 584 g/mol. The first kappa shape index (κ1) is 29.9. The van der Waals surface area contributed by atoms with Gasteiger partial charge >= 0.3 is 0 Å². The van der Waals surface area contributed by atoms with Gasteiger partial charge in [-0.25, -0.2) is 8.42 Å². The highest BCUT2D eigenvalue weighted by molar-refractivity contribution is 7.89. The van der Waals surface area contributed by atoms with Gasteiger partial charge in [-0.2, -0.15) is 4.31 Å². The molecule has 0 aromatic heterocycles. The van der Waals surface area contributed by atoms with Crippen molar-refractivity contribution in [2.24, 2.45) is 0 Å². The molecule has 3 atom stereocenters. The summed E-state index contributed by atoms with van der Waals surface area (Å²) in [6.45, 7) is 3.27. The molecule has 0 bridgehead atoms. The van der Waals surface area contributed by atoms with Crippen LogP contribution < -0.4 is 0 Å². The van der Waals surface area contributed by atoms with Gasteiger partial charge in [0.05, 0.1) is 24.7 Å². The fourth-order valence-electron chi connectivity index (χ4n) is 4.88. The minimum absolute atomic E-state index is 0.109. The van der Waals surface area contributed by atoms with Gasteiger partial charge in [0.1, 0.15) is 18.3 Å². The highest BCUT2D eigenvalue weighted by Crippen LogP contribution is 2.25. The van der Waals surface area contributed by atoms with Gasteiger partial charge in [0, 0.05) is 13.1 Å². The van der Waals surface area contributed by atoms with Crippen molar-refractivity contribution in [3.8, 4) is 0 Å². The molecule has 0 spiro atoms. The number of sulfonamides is 1. The van der Waals surface area contributed by atoms with Crippen molar-refractivity contribution >= 4 is 10.0 Å². The minimum atomic E-state index is -3.79. The topological polar surface area (TPSA) is 65.1 Å². The maximum absolute atomic E-state index is 13.8. The van der Waals surface area contributed by atoms with Crippen molar-refractivity contribution in [1.82, 2.24) is 4.31 Å². The summed E-state index contributed by atoms with van der Waals surface area (Å²) in [6.07, 6.45) is 2.12. The van der Waals surface area contributed by atoms with E-state index in [1.807, 2.05) is 122 Å². The van der Waals surface area contributed by atoms with Gasteiger partial charge in [0.2, 0.25) is 10.0 Å². The molecule has 1 aliphatic rings. The van der Waals surface area contributed by atoms with Crippen LogP contribution in [0.15, 0.2) is 132 Å². The number of benzene rings is 4. The van der Waals surface area contributed by atoms with Gasteiger partial charge in [-0.3, -0.25) is 0 Å². The van der Waals surface area contributed by atoms with Crippen molar-refractivity contribution in [2.45, 2.75) is 50.0 Å². The van der Waals surface area contributed by atoms with E-state index < -0.39 is 28.3 Å². The third-order valence-electron chi connectivity index (χ3n) is 7.24. The number of aryl methyl sites for hydroxylation is 1. The normalized spacial score (nSPS) is 20.5. The van der Waals surface area contributed by atoms with Crippen LogP contribution in [-0.4, -0.2) is 44.1 Å². The second-order valence-electron chi connectivity index (χ2n) is 10.4. The summed E-state index contributed by atoms with van der Waals surface area (Å²) in [5.41, 5.74) is 4.04. The van der Waals surface area contributed by atoms with E-state index in [0.29, 0.717) is 19.8 Å². The lowest BCUT2D eigenvalue weighted by molar-refractivity contribution is -0.141. The highest BCUT2D eigenvalue weighted by atomic mass is 32.2. The third kappa shape index (κ3) is 8.03. The van der Waals surface area contributed by atoms with Crippen molar-refractivity contribution in [3.05, 3.63) is 150 Å². The van der Waals surface area contributed by atoms with Crippen molar-refractivity contribution in [3.63, 3.8) is 0 Å². The molecule has 0 aliphatic carbocycles. The van der Waals surface area contributed by atoms with Crippen LogP contribution in [0.1, 0.15) is 22.3 Å². The van der Waals surface area contributed by atoms with Crippen LogP contribution in [0.4, 0.5) is 0 Å². The number of nitrogens with zero attached hydrogens (tertiary/aromatic N) is 1. The second-order valence-corrected chi connectivity index (χ2v) is 12.4. The van der Waals surface area contributed by atoms with Crippen molar-refractivity contribution < 1.29 is 22.6 Å². The van der Waals surface area contributed by atoms with Crippen LogP contribution in [0.2, 0.25) is 0 Å². The SMILES string of the molecule is Cc1ccc(S(=O)(=O)N2C/C=C\[C@@H](OCc3ccccc3)[C@H](OCc3ccccc3)[C@@H](OCc3ccccc3)C2)cc1. The summed E-state index contributed by atoms with van der Waals surface area (Å²) in [5.74, 6) is 0. The Morgan fingerprint density at radius 1 is 0.667 bits per heavy atom. The summed E-state index contributed by atoms with van der Waals surface area (Å²) in [7, 11) is -3.79. The molecule has 0 N–H and O–H groups in total. The zero-order chi connectivity index (χ0) is 29.2. The second kappa shape index (κ2) is 14.5. The molecule has 4 aromatic carbocycles. The molecule has 218 valence electrons. The summed E-state index contributed by atoms with van der Waals surface area (Å²) in [4.78, 5) is 0.252. The van der Waals surface area contributed by atoms with E-state index >= 15 is 0 Å². The zero-order valence-electron chi connectivity index (χ0n) is 23.8. The van der Waals surface area contributed by atoms with Gasteiger partial charge in [-0.1, -0.05) is 121 Å². The van der Waals surface area contributed by atoms with Crippen LogP contribution in [0.25, 0.3) is 0 Å². The standard InChI is InChI=1S/C35H37NO5S/c1-28-19-21-32(22-20-28)42(37,38)36-23-11-18-33(39-25-29-12-5-2-6-13-29)35(41-27-31-16-9-4-10-17-31)34(24-36)40-26-30-14-7-3-8-15-30/h2-22,33-35H,23-27H2,1H3/b18-11-/t33-,34+,35+/m1/s1. The van der Waals surface area contributed by atoms with E-state index in [1.165, 1.54) is 4.31 Å². The quantitative estimate of drug-likeness (QED) is 0.194. The molecular weight excluding hydrogens is 546 g/mol.